The minimum Gasteiger partial charge on any atom is -0.386 e. The van der Waals surface area contributed by atoms with Gasteiger partial charge < -0.3 is 26.3 Å². The number of Topliss-reactive ketones (excluding diaryl/α,β-unsaturated/α-hetero) is 1. The number of benzene rings is 1. The first kappa shape index (κ1) is 37.4. The van der Waals surface area contributed by atoms with E-state index in [9.17, 15) is 9.59 Å². The highest BCUT2D eigenvalue weighted by atomic mass is 16.5. The number of ketones is 1. The van der Waals surface area contributed by atoms with E-state index in [1.807, 2.05) is 79.7 Å². The fourth-order valence-corrected chi connectivity index (χ4v) is 2.88. The Kier molecular flexibility index (Phi) is 19.9. The second-order valence-corrected chi connectivity index (χ2v) is 9.62. The van der Waals surface area contributed by atoms with Gasteiger partial charge in [0.2, 0.25) is 5.91 Å². The molecule has 0 aliphatic heterocycles. The van der Waals surface area contributed by atoms with E-state index < -0.39 is 5.60 Å². The van der Waals surface area contributed by atoms with Gasteiger partial charge >= 0.3 is 0 Å². The van der Waals surface area contributed by atoms with Gasteiger partial charge in [0, 0.05) is 24.9 Å². The second-order valence-electron chi connectivity index (χ2n) is 9.62. The molecule has 0 radical (unpaired) electrons. The lowest BCUT2D eigenvalue weighted by molar-refractivity contribution is -0.124. The van der Waals surface area contributed by atoms with Crippen molar-refractivity contribution < 1.29 is 19.1 Å². The molecule has 9 heteroatoms. The normalized spacial score (nSPS) is 12.1. The number of hydrogen-bond donors (Lipinski definition) is 3. The highest BCUT2D eigenvalue weighted by Crippen LogP contribution is 2.21. The van der Waals surface area contributed by atoms with Gasteiger partial charge in [-0.15, -0.1) is 10.2 Å². The van der Waals surface area contributed by atoms with Gasteiger partial charge in [-0.2, -0.15) is 0 Å². The maximum absolute atomic E-state index is 12.3. The van der Waals surface area contributed by atoms with Crippen molar-refractivity contribution in [1.82, 2.24) is 5.32 Å². The molecule has 218 valence electrons. The molecule has 0 fully saturated rings. The van der Waals surface area contributed by atoms with Crippen LogP contribution in [0.25, 0.3) is 0 Å². The minimum absolute atomic E-state index is 0.0394. The Balaban J connectivity index is 0. The molecule has 38 heavy (non-hydrogen) atoms. The number of amidine groups is 2. The van der Waals surface area contributed by atoms with Crippen molar-refractivity contribution in [3.63, 3.8) is 0 Å². The maximum atomic E-state index is 12.3. The van der Waals surface area contributed by atoms with Crippen molar-refractivity contribution in [2.24, 2.45) is 21.7 Å². The average Bonchev–Trinajstić information content (AvgIpc) is 2.87. The number of ether oxygens (including phenoxy) is 2. The van der Waals surface area contributed by atoms with E-state index in [2.05, 4.69) is 15.5 Å². The highest BCUT2D eigenvalue weighted by Gasteiger charge is 2.23. The van der Waals surface area contributed by atoms with Crippen molar-refractivity contribution in [3.05, 3.63) is 35.4 Å². The Labute approximate surface area is 230 Å². The quantitative estimate of drug-likeness (QED) is 0.162. The Morgan fingerprint density at radius 1 is 0.816 bits per heavy atom. The molecule has 1 aromatic carbocycles. The monoisotopic (exact) mass is 535 g/mol. The first-order chi connectivity index (χ1) is 17.8. The predicted molar refractivity (Wildman–Crippen MR) is 158 cm³/mol. The van der Waals surface area contributed by atoms with Crippen LogP contribution in [0.4, 0.5) is 0 Å². The van der Waals surface area contributed by atoms with Crippen LogP contribution in [0, 0.1) is 0 Å². The number of carbonyl (C=O) groups excluding carboxylic acids is 2. The molecule has 9 nitrogen and oxygen atoms in total. The van der Waals surface area contributed by atoms with Crippen LogP contribution in [0.15, 0.2) is 34.5 Å². The fraction of sp³-hybridized carbons (Fsp3) is 0.655. The van der Waals surface area contributed by atoms with E-state index in [1.54, 1.807) is 13.8 Å². The van der Waals surface area contributed by atoms with Crippen molar-refractivity contribution >= 4 is 23.4 Å². The molecule has 5 N–H and O–H groups in total. The summed E-state index contributed by atoms with van der Waals surface area (Å²) in [6.07, 6.45) is 2.07. The molecule has 0 unspecified atom stereocenters. The van der Waals surface area contributed by atoms with Crippen molar-refractivity contribution in [2.75, 3.05) is 13.2 Å². The molecule has 0 spiro atoms. The maximum Gasteiger partial charge on any atom is 0.220 e. The Hall–Kier alpha value is -2.78. The van der Waals surface area contributed by atoms with Gasteiger partial charge in [0.05, 0.1) is 24.4 Å². The minimum atomic E-state index is -0.435. The van der Waals surface area contributed by atoms with Crippen LogP contribution in [-0.2, 0) is 25.6 Å². The van der Waals surface area contributed by atoms with Crippen LogP contribution >= 0.6 is 0 Å². The zero-order chi connectivity index (χ0) is 29.8. The van der Waals surface area contributed by atoms with Gasteiger partial charge in [0.25, 0.3) is 0 Å². The molecule has 1 aromatic rings. The van der Waals surface area contributed by atoms with E-state index in [-0.39, 0.29) is 23.1 Å². The summed E-state index contributed by atoms with van der Waals surface area (Å²) in [7, 11) is 0. The number of hydrogen-bond acceptors (Lipinski definition) is 6. The summed E-state index contributed by atoms with van der Waals surface area (Å²) in [4.78, 5) is 23.4. The van der Waals surface area contributed by atoms with Crippen molar-refractivity contribution in [2.45, 2.75) is 113 Å². The molecule has 0 heterocycles. The first-order valence-corrected chi connectivity index (χ1v) is 13.6. The standard InChI is InChI=1S/C25H41N5O4.2C2H6/c1-18(31)12-15-33-25(5,6)14-16-34-24(3,4)13-11-22(32)28-17-20-7-9-21(10-8-20)23(27)30-29-19(2)26;2*1-2/h7-10H,11-17H2,1-6H3,(H2,26,29)(H2,27,30)(H,28,32);2*1-2H3. The first-order valence-electron chi connectivity index (χ1n) is 13.6. The molecule has 0 aliphatic carbocycles. The van der Waals surface area contributed by atoms with Gasteiger partial charge in [-0.1, -0.05) is 52.0 Å². The summed E-state index contributed by atoms with van der Waals surface area (Å²) in [5, 5.41) is 10.5. The summed E-state index contributed by atoms with van der Waals surface area (Å²) in [5.74, 6) is 0.678. The van der Waals surface area contributed by atoms with Gasteiger partial charge in [-0.3, -0.25) is 9.59 Å². The molecular formula is C29H53N5O4. The molecule has 1 rings (SSSR count). The van der Waals surface area contributed by atoms with Gasteiger partial charge in [-0.05, 0) is 59.9 Å². The predicted octanol–water partition coefficient (Wildman–Crippen LogP) is 5.09. The highest BCUT2D eigenvalue weighted by molar-refractivity contribution is 5.97. The molecule has 0 aliphatic rings. The molecular weight excluding hydrogens is 482 g/mol. The number of nitrogens with two attached hydrogens (primary N) is 2. The van der Waals surface area contributed by atoms with Crippen molar-refractivity contribution in [3.8, 4) is 0 Å². The SMILES string of the molecule is CC.CC.CC(=O)CCOC(C)(C)CCOC(C)(C)CCC(=O)NCc1ccc(/C(N)=N/N=C(/C)N)cc1. The largest absolute Gasteiger partial charge is 0.386 e. The van der Waals surface area contributed by atoms with Crippen LogP contribution in [0.3, 0.4) is 0 Å². The number of rotatable bonds is 15. The molecule has 0 aromatic heterocycles. The van der Waals surface area contributed by atoms with E-state index in [1.165, 1.54) is 0 Å². The molecule has 0 bridgehead atoms. The van der Waals surface area contributed by atoms with E-state index in [0.29, 0.717) is 51.3 Å². The van der Waals surface area contributed by atoms with E-state index in [4.69, 9.17) is 20.9 Å². The topological polar surface area (TPSA) is 141 Å². The van der Waals surface area contributed by atoms with Gasteiger partial charge in [0.1, 0.15) is 11.6 Å². The number of amides is 1. The summed E-state index contributed by atoms with van der Waals surface area (Å²) in [6, 6.07) is 7.41. The number of nitrogens with one attached hydrogen (secondary N) is 1. The van der Waals surface area contributed by atoms with Crippen LogP contribution in [0.5, 0.6) is 0 Å². The van der Waals surface area contributed by atoms with Crippen LogP contribution < -0.4 is 16.8 Å². The van der Waals surface area contributed by atoms with Crippen LogP contribution in [0.1, 0.15) is 106 Å². The molecule has 1 amide bonds. The molecule has 0 saturated carbocycles. The third-order valence-corrected chi connectivity index (χ3v) is 5.15. The van der Waals surface area contributed by atoms with E-state index in [0.717, 1.165) is 11.1 Å². The van der Waals surface area contributed by atoms with Crippen LogP contribution in [-0.4, -0.2) is 47.8 Å². The summed E-state index contributed by atoms with van der Waals surface area (Å²) in [5.41, 5.74) is 12.2. The number of nitrogens with zero attached hydrogens (tertiary/aromatic N) is 2. The Morgan fingerprint density at radius 3 is 1.87 bits per heavy atom. The average molecular weight is 536 g/mol. The summed E-state index contributed by atoms with van der Waals surface area (Å²) < 4.78 is 11.8. The summed E-state index contributed by atoms with van der Waals surface area (Å²) in [6.45, 7) is 20.5. The van der Waals surface area contributed by atoms with E-state index >= 15 is 0 Å². The van der Waals surface area contributed by atoms with Gasteiger partial charge in [0.15, 0.2) is 5.84 Å². The lowest BCUT2D eigenvalue weighted by Crippen LogP contribution is -2.32. The fourth-order valence-electron chi connectivity index (χ4n) is 2.88. The smallest absolute Gasteiger partial charge is 0.220 e. The lowest BCUT2D eigenvalue weighted by atomic mass is 10.0. The Morgan fingerprint density at radius 2 is 1.34 bits per heavy atom. The van der Waals surface area contributed by atoms with Crippen molar-refractivity contribution in [1.29, 1.82) is 0 Å². The Bertz CT molecular complexity index is 858. The second kappa shape index (κ2) is 20.2. The third kappa shape index (κ3) is 19.3. The summed E-state index contributed by atoms with van der Waals surface area (Å²) >= 11 is 0. The lowest BCUT2D eigenvalue weighted by Gasteiger charge is -2.29. The van der Waals surface area contributed by atoms with Crippen LogP contribution in [0.2, 0.25) is 0 Å². The molecule has 0 saturated heterocycles. The number of carbonyl (C=O) groups is 2. The zero-order valence-corrected chi connectivity index (χ0v) is 25.4. The van der Waals surface area contributed by atoms with Gasteiger partial charge in [-0.25, -0.2) is 0 Å². The molecule has 0 atom stereocenters. The zero-order valence-electron chi connectivity index (χ0n) is 25.4. The third-order valence-electron chi connectivity index (χ3n) is 5.15.